The number of alkyl halides is 2. The summed E-state index contributed by atoms with van der Waals surface area (Å²) in [4.78, 5) is 15.7. The average Bonchev–Trinajstić information content (AvgIpc) is 2.90. The monoisotopic (exact) mass is 387 g/mol. The number of amidine groups is 1. The SMILES string of the molecule is Cn1cc(Cl)c(C(=O)Nc2ccc(F)c(C3N=C(N)OCC3(F)F)c2)n1. The number of nitrogens with zero attached hydrogens (tertiary/aromatic N) is 3. The fourth-order valence-corrected chi connectivity index (χ4v) is 2.70. The Balaban J connectivity index is 1.92. The van der Waals surface area contributed by atoms with Gasteiger partial charge in [-0.1, -0.05) is 11.6 Å². The van der Waals surface area contributed by atoms with Gasteiger partial charge < -0.3 is 15.8 Å². The number of amides is 1. The Bertz CT molecular complexity index is 899. The number of aliphatic imine (C=N–C) groups is 1. The van der Waals surface area contributed by atoms with Gasteiger partial charge in [-0.25, -0.2) is 18.2 Å². The van der Waals surface area contributed by atoms with Crippen LogP contribution in [0.5, 0.6) is 0 Å². The lowest BCUT2D eigenvalue weighted by atomic mass is 9.99. The molecule has 2 aromatic rings. The number of carbonyl (C=O) groups excluding carboxylic acids is 1. The third kappa shape index (κ3) is 3.45. The fourth-order valence-electron chi connectivity index (χ4n) is 2.44. The van der Waals surface area contributed by atoms with Gasteiger partial charge in [-0.15, -0.1) is 0 Å². The Morgan fingerprint density at radius 3 is 2.88 bits per heavy atom. The molecule has 1 atom stereocenters. The van der Waals surface area contributed by atoms with E-state index >= 15 is 0 Å². The highest BCUT2D eigenvalue weighted by molar-refractivity contribution is 6.34. The van der Waals surface area contributed by atoms with Gasteiger partial charge >= 0.3 is 5.92 Å². The summed E-state index contributed by atoms with van der Waals surface area (Å²) in [6.07, 6.45) is 1.42. The third-order valence-corrected chi connectivity index (χ3v) is 3.89. The van der Waals surface area contributed by atoms with Crippen molar-refractivity contribution in [3.8, 4) is 0 Å². The second kappa shape index (κ2) is 6.52. The van der Waals surface area contributed by atoms with E-state index in [1.165, 1.54) is 16.9 Å². The molecule has 1 aromatic carbocycles. The number of rotatable bonds is 3. The number of ether oxygens (including phenoxy) is 1. The minimum absolute atomic E-state index is 0.0568. The van der Waals surface area contributed by atoms with Crippen LogP contribution in [-0.2, 0) is 11.8 Å². The smallest absolute Gasteiger partial charge is 0.307 e. The number of benzene rings is 1. The molecule has 3 N–H and O–H groups in total. The van der Waals surface area contributed by atoms with Gasteiger partial charge in [-0.3, -0.25) is 9.48 Å². The molecule has 11 heteroatoms. The van der Waals surface area contributed by atoms with Crippen LogP contribution in [0.2, 0.25) is 5.02 Å². The first-order chi connectivity index (χ1) is 12.2. The molecule has 138 valence electrons. The molecule has 1 unspecified atom stereocenters. The molecule has 0 saturated heterocycles. The molecule has 26 heavy (non-hydrogen) atoms. The number of aromatic nitrogens is 2. The molecule has 0 spiro atoms. The lowest BCUT2D eigenvalue weighted by Gasteiger charge is -2.28. The maximum atomic E-state index is 14.1. The van der Waals surface area contributed by atoms with E-state index in [4.69, 9.17) is 17.3 Å². The first-order valence-electron chi connectivity index (χ1n) is 7.31. The van der Waals surface area contributed by atoms with Gasteiger partial charge in [-0.2, -0.15) is 5.10 Å². The number of carbonyl (C=O) groups is 1. The number of anilines is 1. The highest BCUT2D eigenvalue weighted by Crippen LogP contribution is 2.39. The van der Waals surface area contributed by atoms with E-state index < -0.39 is 41.9 Å². The molecule has 3 rings (SSSR count). The van der Waals surface area contributed by atoms with Crippen molar-refractivity contribution < 1.29 is 22.7 Å². The molecule has 0 radical (unpaired) electrons. The van der Waals surface area contributed by atoms with Crippen LogP contribution in [0.3, 0.4) is 0 Å². The Kier molecular flexibility index (Phi) is 4.53. The fraction of sp³-hybridized carbons (Fsp3) is 0.267. The zero-order valence-electron chi connectivity index (χ0n) is 13.3. The molecular formula is C15H13ClF3N5O2. The van der Waals surface area contributed by atoms with Gasteiger partial charge in [0.2, 0.25) is 0 Å². The quantitative estimate of drug-likeness (QED) is 0.846. The molecule has 1 aromatic heterocycles. The number of aryl methyl sites for hydroxylation is 1. The molecule has 0 fully saturated rings. The van der Waals surface area contributed by atoms with Crippen molar-refractivity contribution in [1.82, 2.24) is 9.78 Å². The van der Waals surface area contributed by atoms with Gasteiger partial charge in [0.25, 0.3) is 11.9 Å². The summed E-state index contributed by atoms with van der Waals surface area (Å²) in [6.45, 7) is -1.02. The maximum Gasteiger partial charge on any atom is 0.307 e. The van der Waals surface area contributed by atoms with Crippen molar-refractivity contribution in [3.05, 3.63) is 46.5 Å². The molecule has 1 aliphatic rings. The van der Waals surface area contributed by atoms with Crippen LogP contribution < -0.4 is 11.1 Å². The van der Waals surface area contributed by atoms with Crippen molar-refractivity contribution in [3.63, 3.8) is 0 Å². The predicted molar refractivity (Wildman–Crippen MR) is 87.8 cm³/mol. The van der Waals surface area contributed by atoms with Crippen LogP contribution in [-0.4, -0.2) is 34.2 Å². The number of hydrogen-bond acceptors (Lipinski definition) is 5. The molecule has 1 amide bonds. The normalized spacial score (nSPS) is 18.8. The van der Waals surface area contributed by atoms with Crippen molar-refractivity contribution >= 4 is 29.2 Å². The number of nitrogens with two attached hydrogens (primary N) is 1. The molecular weight excluding hydrogens is 375 g/mol. The van der Waals surface area contributed by atoms with Gasteiger partial charge in [0.1, 0.15) is 5.82 Å². The molecule has 0 aliphatic carbocycles. The Labute approximate surface area is 150 Å². The van der Waals surface area contributed by atoms with Crippen molar-refractivity contribution in [1.29, 1.82) is 0 Å². The van der Waals surface area contributed by atoms with Crippen LogP contribution in [0.15, 0.2) is 29.4 Å². The Morgan fingerprint density at radius 2 is 2.23 bits per heavy atom. The zero-order valence-corrected chi connectivity index (χ0v) is 14.1. The molecule has 0 bridgehead atoms. The predicted octanol–water partition coefficient (Wildman–Crippen LogP) is 2.49. The summed E-state index contributed by atoms with van der Waals surface area (Å²) in [5.41, 5.74) is 4.92. The third-order valence-electron chi connectivity index (χ3n) is 3.62. The van der Waals surface area contributed by atoms with Crippen molar-refractivity contribution in [2.45, 2.75) is 12.0 Å². The summed E-state index contributed by atoms with van der Waals surface area (Å²) in [7, 11) is 1.58. The largest absolute Gasteiger partial charge is 0.459 e. The highest BCUT2D eigenvalue weighted by Gasteiger charge is 2.46. The first kappa shape index (κ1) is 18.1. The van der Waals surface area contributed by atoms with E-state index in [-0.39, 0.29) is 16.4 Å². The van der Waals surface area contributed by atoms with Crippen molar-refractivity contribution in [2.24, 2.45) is 17.8 Å². The molecule has 7 nitrogen and oxygen atoms in total. The lowest BCUT2D eigenvalue weighted by Crippen LogP contribution is -2.40. The van der Waals surface area contributed by atoms with E-state index in [2.05, 4.69) is 20.1 Å². The summed E-state index contributed by atoms with van der Waals surface area (Å²) in [6, 6.07) is 0.895. The van der Waals surface area contributed by atoms with E-state index in [0.717, 1.165) is 12.1 Å². The topological polar surface area (TPSA) is 94.5 Å². The van der Waals surface area contributed by atoms with Gasteiger partial charge in [-0.05, 0) is 18.2 Å². The van der Waals surface area contributed by atoms with Gasteiger partial charge in [0.05, 0.1) is 5.02 Å². The van der Waals surface area contributed by atoms with Crippen LogP contribution in [0, 0.1) is 5.82 Å². The van der Waals surface area contributed by atoms with Crippen molar-refractivity contribution in [2.75, 3.05) is 11.9 Å². The summed E-state index contributed by atoms with van der Waals surface area (Å²) >= 11 is 5.89. The summed E-state index contributed by atoms with van der Waals surface area (Å²) < 4.78 is 48.1. The van der Waals surface area contributed by atoms with Gasteiger partial charge in [0.15, 0.2) is 18.3 Å². The second-order valence-electron chi connectivity index (χ2n) is 5.61. The number of nitrogens with one attached hydrogen (secondary N) is 1. The average molecular weight is 388 g/mol. The molecule has 1 aliphatic heterocycles. The van der Waals surface area contributed by atoms with E-state index in [1.54, 1.807) is 7.05 Å². The van der Waals surface area contributed by atoms with Crippen LogP contribution in [0.1, 0.15) is 22.1 Å². The minimum atomic E-state index is -3.46. The van der Waals surface area contributed by atoms with E-state index in [0.29, 0.717) is 0 Å². The molecule has 2 heterocycles. The van der Waals surface area contributed by atoms with Gasteiger partial charge in [0, 0.05) is 24.5 Å². The maximum absolute atomic E-state index is 14.1. The second-order valence-corrected chi connectivity index (χ2v) is 6.02. The summed E-state index contributed by atoms with van der Waals surface area (Å²) in [5.74, 6) is -5.05. The molecule has 0 saturated carbocycles. The van der Waals surface area contributed by atoms with Crippen LogP contribution in [0.4, 0.5) is 18.9 Å². The number of hydrogen-bond donors (Lipinski definition) is 2. The number of halogens is 4. The van der Waals surface area contributed by atoms with E-state index in [1.807, 2.05) is 0 Å². The lowest BCUT2D eigenvalue weighted by molar-refractivity contribution is -0.0788. The van der Waals surface area contributed by atoms with Crippen LogP contribution >= 0.6 is 11.6 Å². The summed E-state index contributed by atoms with van der Waals surface area (Å²) in [5, 5.41) is 6.44. The standard InChI is InChI=1S/C15H13ClF3N5O2/c1-24-5-9(16)11(23-24)13(25)21-7-2-3-10(17)8(4-7)12-15(18,19)6-26-14(20)22-12/h2-5,12H,6H2,1H3,(H2,20,22)(H,21,25). The Hall–Kier alpha value is -2.75. The Morgan fingerprint density at radius 1 is 1.50 bits per heavy atom. The minimum Gasteiger partial charge on any atom is -0.459 e. The zero-order chi connectivity index (χ0) is 19.1. The van der Waals surface area contributed by atoms with Crippen LogP contribution in [0.25, 0.3) is 0 Å². The first-order valence-corrected chi connectivity index (χ1v) is 7.69. The highest BCUT2D eigenvalue weighted by atomic mass is 35.5. The van der Waals surface area contributed by atoms with E-state index in [9.17, 15) is 18.0 Å².